The smallest absolute Gasteiger partial charge is 0.279 e. The summed E-state index contributed by atoms with van der Waals surface area (Å²) in [6.07, 6.45) is 1.11. The maximum absolute atomic E-state index is 13.3. The van der Waals surface area contributed by atoms with Gasteiger partial charge in [-0.3, -0.25) is 4.72 Å². The van der Waals surface area contributed by atoms with Gasteiger partial charge in [0.25, 0.3) is 10.0 Å². The molecule has 0 saturated carbocycles. The van der Waals surface area contributed by atoms with Gasteiger partial charge in [0.1, 0.15) is 17.5 Å². The Balaban J connectivity index is 2.33. The molecule has 0 saturated heterocycles. The Morgan fingerprint density at radius 3 is 2.61 bits per heavy atom. The summed E-state index contributed by atoms with van der Waals surface area (Å²) in [6.45, 7) is 1.58. The first kappa shape index (κ1) is 12.5. The van der Waals surface area contributed by atoms with E-state index in [1.165, 1.54) is 0 Å². The molecule has 0 atom stereocenters. The van der Waals surface area contributed by atoms with Gasteiger partial charge in [-0.15, -0.1) is 0 Å². The van der Waals surface area contributed by atoms with Crippen LogP contribution in [-0.2, 0) is 10.0 Å². The first-order valence-electron chi connectivity index (χ1n) is 4.88. The van der Waals surface area contributed by atoms with Crippen LogP contribution in [-0.4, -0.2) is 18.4 Å². The van der Waals surface area contributed by atoms with E-state index in [1.807, 2.05) is 4.72 Å². The standard InChI is InChI=1S/C10H9F2N3O2S/c1-6-13-5-10(14-6)18(16,17)15-9-3-2-7(11)4-8(9)12/h2-5,15H,1H3,(H,13,14). The molecular formula is C10H9F2N3O2S. The van der Waals surface area contributed by atoms with E-state index >= 15 is 0 Å². The van der Waals surface area contributed by atoms with Gasteiger partial charge >= 0.3 is 0 Å². The molecule has 1 aromatic carbocycles. The van der Waals surface area contributed by atoms with E-state index in [0.29, 0.717) is 11.9 Å². The number of halogens is 2. The van der Waals surface area contributed by atoms with E-state index in [2.05, 4.69) is 9.97 Å². The van der Waals surface area contributed by atoms with Crippen molar-refractivity contribution in [1.29, 1.82) is 0 Å². The van der Waals surface area contributed by atoms with E-state index < -0.39 is 21.7 Å². The maximum Gasteiger partial charge on any atom is 0.279 e. The fourth-order valence-electron chi connectivity index (χ4n) is 1.31. The number of aromatic nitrogens is 2. The van der Waals surface area contributed by atoms with E-state index in [-0.39, 0.29) is 10.7 Å². The second kappa shape index (κ2) is 4.37. The van der Waals surface area contributed by atoms with Gasteiger partial charge in [-0.2, -0.15) is 8.42 Å². The Morgan fingerprint density at radius 2 is 2.06 bits per heavy atom. The normalized spacial score (nSPS) is 11.5. The quantitative estimate of drug-likeness (QED) is 0.895. The highest BCUT2D eigenvalue weighted by Crippen LogP contribution is 2.18. The lowest BCUT2D eigenvalue weighted by Crippen LogP contribution is -2.14. The van der Waals surface area contributed by atoms with Crippen LogP contribution in [0.3, 0.4) is 0 Å². The molecule has 0 bridgehead atoms. The van der Waals surface area contributed by atoms with Crippen LogP contribution in [0.1, 0.15) is 5.82 Å². The monoisotopic (exact) mass is 273 g/mol. The van der Waals surface area contributed by atoms with E-state index in [1.54, 1.807) is 6.92 Å². The van der Waals surface area contributed by atoms with E-state index in [4.69, 9.17) is 0 Å². The van der Waals surface area contributed by atoms with Crippen LogP contribution in [0.25, 0.3) is 0 Å². The highest BCUT2D eigenvalue weighted by atomic mass is 32.2. The SMILES string of the molecule is Cc1ncc(S(=O)(=O)Nc2ccc(F)cc2F)[nH]1. The number of hydrogen-bond donors (Lipinski definition) is 2. The molecule has 1 aromatic heterocycles. The fourth-order valence-corrected chi connectivity index (χ4v) is 2.35. The number of imidazole rings is 1. The molecule has 0 fully saturated rings. The number of H-pyrrole nitrogens is 1. The molecular weight excluding hydrogens is 264 g/mol. The highest BCUT2D eigenvalue weighted by Gasteiger charge is 2.18. The van der Waals surface area contributed by atoms with Crippen molar-refractivity contribution in [2.45, 2.75) is 11.9 Å². The van der Waals surface area contributed by atoms with Gasteiger partial charge in [-0.05, 0) is 19.1 Å². The lowest BCUT2D eigenvalue weighted by molar-refractivity contribution is 0.582. The Kier molecular flexibility index (Phi) is 3.04. The molecule has 0 radical (unpaired) electrons. The zero-order valence-corrected chi connectivity index (χ0v) is 10.1. The van der Waals surface area contributed by atoms with E-state index in [0.717, 1.165) is 18.3 Å². The molecule has 0 amide bonds. The minimum Gasteiger partial charge on any atom is -0.332 e. The fraction of sp³-hybridized carbons (Fsp3) is 0.100. The summed E-state index contributed by atoms with van der Waals surface area (Å²) < 4.78 is 51.6. The van der Waals surface area contributed by atoms with Crippen LogP contribution in [0.2, 0.25) is 0 Å². The molecule has 0 aliphatic rings. The first-order valence-corrected chi connectivity index (χ1v) is 6.36. The second-order valence-corrected chi connectivity index (χ2v) is 5.21. The number of nitrogens with one attached hydrogen (secondary N) is 2. The minimum absolute atomic E-state index is 0.191. The molecule has 0 aliphatic carbocycles. The van der Waals surface area contributed by atoms with Gasteiger partial charge < -0.3 is 4.98 Å². The van der Waals surface area contributed by atoms with Crippen LogP contribution in [0.5, 0.6) is 0 Å². The molecule has 0 unspecified atom stereocenters. The predicted octanol–water partition coefficient (Wildman–Crippen LogP) is 1.80. The topological polar surface area (TPSA) is 74.8 Å². The average molecular weight is 273 g/mol. The van der Waals surface area contributed by atoms with Gasteiger partial charge in [0.2, 0.25) is 0 Å². The third-order valence-electron chi connectivity index (χ3n) is 2.14. The predicted molar refractivity (Wildman–Crippen MR) is 60.5 cm³/mol. The number of nitrogens with zero attached hydrogens (tertiary/aromatic N) is 1. The Hall–Kier alpha value is -1.96. The van der Waals surface area contributed by atoms with Gasteiger partial charge in [0.05, 0.1) is 11.9 Å². The number of aryl methyl sites for hydroxylation is 1. The van der Waals surface area contributed by atoms with Crippen LogP contribution in [0.4, 0.5) is 14.5 Å². The van der Waals surface area contributed by atoms with Crippen molar-refractivity contribution < 1.29 is 17.2 Å². The molecule has 96 valence electrons. The molecule has 18 heavy (non-hydrogen) atoms. The number of aromatic amines is 1. The zero-order valence-electron chi connectivity index (χ0n) is 9.24. The highest BCUT2D eigenvalue weighted by molar-refractivity contribution is 7.92. The Labute approximate surface area is 102 Å². The third kappa shape index (κ3) is 2.48. The summed E-state index contributed by atoms with van der Waals surface area (Å²) in [5, 5.41) is -0.191. The average Bonchev–Trinajstić information content (AvgIpc) is 2.70. The molecule has 2 N–H and O–H groups in total. The van der Waals surface area contributed by atoms with E-state index in [9.17, 15) is 17.2 Å². The summed E-state index contributed by atoms with van der Waals surface area (Å²) in [7, 11) is -3.96. The molecule has 8 heteroatoms. The largest absolute Gasteiger partial charge is 0.332 e. The van der Waals surface area contributed by atoms with Crippen molar-refractivity contribution in [1.82, 2.24) is 9.97 Å². The first-order chi connectivity index (χ1) is 8.38. The van der Waals surface area contributed by atoms with Crippen LogP contribution < -0.4 is 4.72 Å². The van der Waals surface area contributed by atoms with Gasteiger partial charge in [-0.1, -0.05) is 0 Å². The number of benzene rings is 1. The van der Waals surface area contributed by atoms with Crippen LogP contribution in [0, 0.1) is 18.6 Å². The number of sulfonamides is 1. The van der Waals surface area contributed by atoms with Crippen molar-refractivity contribution in [2.75, 3.05) is 4.72 Å². The summed E-state index contributed by atoms with van der Waals surface area (Å²) in [5.41, 5.74) is -0.330. The van der Waals surface area contributed by atoms with Crippen molar-refractivity contribution in [3.63, 3.8) is 0 Å². The number of hydrogen-bond acceptors (Lipinski definition) is 3. The zero-order chi connectivity index (χ0) is 13.3. The number of anilines is 1. The van der Waals surface area contributed by atoms with Gasteiger partial charge in [-0.25, -0.2) is 13.8 Å². The number of rotatable bonds is 3. The van der Waals surface area contributed by atoms with Crippen molar-refractivity contribution in [3.8, 4) is 0 Å². The summed E-state index contributed by atoms with van der Waals surface area (Å²) in [6, 6.07) is 2.56. The maximum atomic E-state index is 13.3. The van der Waals surface area contributed by atoms with Crippen molar-refractivity contribution in [2.24, 2.45) is 0 Å². The van der Waals surface area contributed by atoms with Crippen molar-refractivity contribution >= 4 is 15.7 Å². The van der Waals surface area contributed by atoms with Crippen LogP contribution >= 0.6 is 0 Å². The molecule has 0 spiro atoms. The van der Waals surface area contributed by atoms with Crippen molar-refractivity contribution in [3.05, 3.63) is 41.9 Å². The van der Waals surface area contributed by atoms with Crippen LogP contribution in [0.15, 0.2) is 29.4 Å². The lowest BCUT2D eigenvalue weighted by atomic mass is 10.3. The van der Waals surface area contributed by atoms with Gasteiger partial charge in [0.15, 0.2) is 5.03 Å². The molecule has 2 rings (SSSR count). The second-order valence-electron chi connectivity index (χ2n) is 3.56. The summed E-state index contributed by atoms with van der Waals surface area (Å²) >= 11 is 0. The molecule has 0 aliphatic heterocycles. The summed E-state index contributed by atoms with van der Waals surface area (Å²) in [5.74, 6) is -1.36. The molecule has 1 heterocycles. The minimum atomic E-state index is -3.96. The molecule has 5 nitrogen and oxygen atoms in total. The lowest BCUT2D eigenvalue weighted by Gasteiger charge is -2.06. The summed E-state index contributed by atoms with van der Waals surface area (Å²) in [4.78, 5) is 6.24. The Bertz CT molecular complexity index is 682. The van der Waals surface area contributed by atoms with Gasteiger partial charge in [0, 0.05) is 6.07 Å². The Morgan fingerprint density at radius 1 is 1.33 bits per heavy atom. The molecule has 2 aromatic rings. The third-order valence-corrected chi connectivity index (χ3v) is 3.42.